The van der Waals surface area contributed by atoms with Gasteiger partial charge in [-0.1, -0.05) is 11.8 Å². The maximum atomic E-state index is 13.4. The van der Waals surface area contributed by atoms with Gasteiger partial charge in [-0.15, -0.1) is 10.2 Å². The van der Waals surface area contributed by atoms with E-state index in [0.29, 0.717) is 23.3 Å². The fourth-order valence-electron chi connectivity index (χ4n) is 2.53. The van der Waals surface area contributed by atoms with Crippen LogP contribution in [-0.2, 0) is 0 Å². The lowest BCUT2D eigenvalue weighted by molar-refractivity contribution is 0.305. The average molecular weight is 404 g/mol. The first-order valence-corrected chi connectivity index (χ1v) is 9.83. The molecule has 28 heavy (non-hydrogen) atoms. The van der Waals surface area contributed by atoms with E-state index in [0.717, 1.165) is 11.5 Å². The van der Waals surface area contributed by atoms with E-state index in [4.69, 9.17) is 4.74 Å². The Hall–Kier alpha value is -2.45. The molecule has 8 heteroatoms. The zero-order valence-electron chi connectivity index (χ0n) is 16.0. The first-order valence-electron chi connectivity index (χ1n) is 8.84. The van der Waals surface area contributed by atoms with Crippen LogP contribution in [0.3, 0.4) is 0 Å². The van der Waals surface area contributed by atoms with Gasteiger partial charge < -0.3 is 4.74 Å². The van der Waals surface area contributed by atoms with E-state index >= 15 is 0 Å². The van der Waals surface area contributed by atoms with E-state index in [1.807, 2.05) is 30.5 Å². The number of hydrogen-bond donors (Lipinski definition) is 0. The van der Waals surface area contributed by atoms with E-state index in [1.54, 1.807) is 24.3 Å². The summed E-state index contributed by atoms with van der Waals surface area (Å²) in [6, 6.07) is 12.2. The molecular weight excluding hydrogens is 382 g/mol. The highest BCUT2D eigenvalue weighted by atomic mass is 32.2. The predicted molar refractivity (Wildman–Crippen MR) is 106 cm³/mol. The molecule has 0 spiro atoms. The molecule has 0 radical (unpaired) electrons. The third kappa shape index (κ3) is 4.88. The third-order valence-corrected chi connectivity index (χ3v) is 5.18. The molecule has 5 nitrogen and oxygen atoms in total. The highest BCUT2D eigenvalue weighted by molar-refractivity contribution is 7.99. The van der Waals surface area contributed by atoms with Gasteiger partial charge in [0.05, 0.1) is 12.6 Å². The molecule has 0 saturated heterocycles. The fourth-order valence-corrected chi connectivity index (χ4v) is 3.31. The summed E-state index contributed by atoms with van der Waals surface area (Å²) in [5.41, 5.74) is 0.803. The van der Waals surface area contributed by atoms with Crippen molar-refractivity contribution >= 4 is 11.8 Å². The van der Waals surface area contributed by atoms with E-state index in [2.05, 4.69) is 10.2 Å². The molecule has 0 aliphatic carbocycles. The summed E-state index contributed by atoms with van der Waals surface area (Å²) >= 11 is 1.50. The molecule has 0 unspecified atom stereocenters. The minimum Gasteiger partial charge on any atom is -0.493 e. The largest absolute Gasteiger partial charge is 0.493 e. The van der Waals surface area contributed by atoms with Crippen LogP contribution in [0, 0.1) is 11.6 Å². The van der Waals surface area contributed by atoms with Crippen molar-refractivity contribution in [3.05, 3.63) is 66.0 Å². The van der Waals surface area contributed by atoms with Gasteiger partial charge in [0, 0.05) is 11.4 Å². The first-order chi connectivity index (χ1) is 13.5. The lowest BCUT2D eigenvalue weighted by Gasteiger charge is -2.20. The van der Waals surface area contributed by atoms with Crippen LogP contribution in [0.1, 0.15) is 18.8 Å². The Bertz CT molecular complexity index is 898. The zero-order chi connectivity index (χ0) is 20.1. The third-order valence-electron chi connectivity index (χ3n) is 4.29. The van der Waals surface area contributed by atoms with Gasteiger partial charge in [-0.25, -0.2) is 8.78 Å². The highest BCUT2D eigenvalue weighted by Gasteiger charge is 2.20. The number of halogens is 2. The number of ether oxygens (including phenoxy) is 1. The van der Waals surface area contributed by atoms with Crippen LogP contribution in [0.5, 0.6) is 5.75 Å². The molecule has 2 aromatic carbocycles. The molecule has 0 bridgehead atoms. The SMILES string of the molecule is C[C@H](c1nnc(SCCOc2ccc(F)cc2)n1-c1ccc(F)cc1)N(C)C. The smallest absolute Gasteiger partial charge is 0.196 e. The van der Waals surface area contributed by atoms with Crippen LogP contribution in [0.4, 0.5) is 8.78 Å². The molecule has 0 aliphatic heterocycles. The molecule has 148 valence electrons. The number of benzene rings is 2. The second kappa shape index (κ2) is 9.16. The molecule has 0 aliphatic rings. The van der Waals surface area contributed by atoms with Crippen molar-refractivity contribution < 1.29 is 13.5 Å². The van der Waals surface area contributed by atoms with Crippen LogP contribution in [0.15, 0.2) is 53.7 Å². The van der Waals surface area contributed by atoms with E-state index in [9.17, 15) is 8.78 Å². The Labute approximate surface area is 167 Å². The fraction of sp³-hybridized carbons (Fsp3) is 0.300. The van der Waals surface area contributed by atoms with Gasteiger partial charge in [0.25, 0.3) is 0 Å². The summed E-state index contributed by atoms with van der Waals surface area (Å²) in [6.45, 7) is 2.47. The van der Waals surface area contributed by atoms with Gasteiger partial charge >= 0.3 is 0 Å². The second-order valence-corrected chi connectivity index (χ2v) is 7.51. The molecule has 3 rings (SSSR count). The van der Waals surface area contributed by atoms with Gasteiger partial charge in [0.1, 0.15) is 17.4 Å². The second-order valence-electron chi connectivity index (χ2n) is 6.44. The lowest BCUT2D eigenvalue weighted by atomic mass is 10.2. The van der Waals surface area contributed by atoms with Crippen molar-refractivity contribution in [2.45, 2.75) is 18.1 Å². The summed E-state index contributed by atoms with van der Waals surface area (Å²) in [7, 11) is 3.94. The molecule has 1 aromatic heterocycles. The topological polar surface area (TPSA) is 43.2 Å². The number of nitrogens with zero attached hydrogens (tertiary/aromatic N) is 4. The Balaban J connectivity index is 1.74. The predicted octanol–water partition coefficient (Wildman–Crippen LogP) is 4.34. The zero-order valence-corrected chi connectivity index (χ0v) is 16.8. The molecule has 1 heterocycles. The van der Waals surface area contributed by atoms with Crippen LogP contribution in [-0.4, -0.2) is 46.1 Å². The summed E-state index contributed by atoms with van der Waals surface area (Å²) in [4.78, 5) is 2.04. The van der Waals surface area contributed by atoms with E-state index < -0.39 is 0 Å². The maximum absolute atomic E-state index is 13.4. The van der Waals surface area contributed by atoms with Crippen LogP contribution in [0.2, 0.25) is 0 Å². The maximum Gasteiger partial charge on any atom is 0.196 e. The minimum absolute atomic E-state index is 0.0300. The standard InChI is InChI=1S/C20H22F2N4OS/c1-14(25(2)3)19-23-24-20(26(19)17-8-4-15(21)5-9-17)28-13-12-27-18-10-6-16(22)7-11-18/h4-11,14H,12-13H2,1-3H3/t14-/m1/s1. The highest BCUT2D eigenvalue weighted by Crippen LogP contribution is 2.27. The Morgan fingerprint density at radius 2 is 1.61 bits per heavy atom. The van der Waals surface area contributed by atoms with Crippen molar-refractivity contribution in [2.24, 2.45) is 0 Å². The number of aromatic nitrogens is 3. The normalized spacial score (nSPS) is 12.4. The van der Waals surface area contributed by atoms with Crippen molar-refractivity contribution in [1.29, 1.82) is 0 Å². The first kappa shape index (κ1) is 20.3. The molecule has 3 aromatic rings. The Kier molecular flexibility index (Phi) is 6.64. The lowest BCUT2D eigenvalue weighted by Crippen LogP contribution is -2.20. The quantitative estimate of drug-likeness (QED) is 0.413. The number of thioether (sulfide) groups is 1. The molecular formula is C20H22F2N4OS. The van der Waals surface area contributed by atoms with Gasteiger partial charge in [-0.2, -0.15) is 0 Å². The Morgan fingerprint density at radius 3 is 2.21 bits per heavy atom. The van der Waals surface area contributed by atoms with Crippen molar-refractivity contribution in [2.75, 3.05) is 26.5 Å². The molecule has 1 atom stereocenters. The molecule has 0 N–H and O–H groups in total. The number of rotatable bonds is 8. The average Bonchev–Trinajstić information content (AvgIpc) is 3.10. The molecule has 0 amide bonds. The van der Waals surface area contributed by atoms with Gasteiger partial charge in [-0.3, -0.25) is 9.47 Å². The van der Waals surface area contributed by atoms with Crippen molar-refractivity contribution in [1.82, 2.24) is 19.7 Å². The summed E-state index contributed by atoms with van der Waals surface area (Å²) in [5, 5.41) is 9.39. The van der Waals surface area contributed by atoms with E-state index in [-0.39, 0.29) is 17.7 Å². The van der Waals surface area contributed by atoms with Crippen LogP contribution >= 0.6 is 11.8 Å². The van der Waals surface area contributed by atoms with Crippen LogP contribution in [0.25, 0.3) is 5.69 Å². The van der Waals surface area contributed by atoms with Crippen molar-refractivity contribution in [3.63, 3.8) is 0 Å². The van der Waals surface area contributed by atoms with Crippen molar-refractivity contribution in [3.8, 4) is 11.4 Å². The summed E-state index contributed by atoms with van der Waals surface area (Å²) < 4.78 is 33.9. The monoisotopic (exact) mass is 404 g/mol. The van der Waals surface area contributed by atoms with E-state index in [1.165, 1.54) is 36.0 Å². The van der Waals surface area contributed by atoms with Crippen LogP contribution < -0.4 is 4.74 Å². The number of hydrogen-bond acceptors (Lipinski definition) is 5. The molecule has 0 saturated carbocycles. The Morgan fingerprint density at radius 1 is 1.00 bits per heavy atom. The molecule has 0 fully saturated rings. The van der Waals surface area contributed by atoms with Gasteiger partial charge in [0.15, 0.2) is 11.0 Å². The van der Waals surface area contributed by atoms with Gasteiger partial charge in [-0.05, 0) is 69.6 Å². The minimum atomic E-state index is -0.295. The summed E-state index contributed by atoms with van der Waals surface area (Å²) in [6.07, 6.45) is 0. The summed E-state index contributed by atoms with van der Waals surface area (Å²) in [5.74, 6) is 1.44. The van der Waals surface area contributed by atoms with Gasteiger partial charge in [0.2, 0.25) is 0 Å².